The second kappa shape index (κ2) is 19.8. The minimum atomic E-state index is -0.474. The molecule has 0 radical (unpaired) electrons. The Labute approximate surface area is 264 Å². The highest BCUT2D eigenvalue weighted by Gasteiger charge is 2.13. The van der Waals surface area contributed by atoms with Crippen molar-refractivity contribution >= 4 is 17.9 Å². The smallest absolute Gasteiger partial charge is 0.343 e. The second-order valence-electron chi connectivity index (χ2n) is 10.1. The molecule has 0 amide bonds. The maximum atomic E-state index is 12.6. The Morgan fingerprint density at radius 2 is 1.07 bits per heavy atom. The summed E-state index contributed by atoms with van der Waals surface area (Å²) in [7, 11) is 0. The van der Waals surface area contributed by atoms with Crippen LogP contribution < -0.4 is 14.2 Å². The lowest BCUT2D eigenvalue weighted by molar-refractivity contribution is -0.150. The van der Waals surface area contributed by atoms with Gasteiger partial charge < -0.3 is 33.2 Å². The van der Waals surface area contributed by atoms with Crippen LogP contribution in [0, 0.1) is 5.92 Å². The zero-order chi connectivity index (χ0) is 32.3. The zero-order valence-corrected chi connectivity index (χ0v) is 26.2. The average Bonchev–Trinajstić information content (AvgIpc) is 3.05. The molecule has 0 heterocycles. The number of benzene rings is 3. The van der Waals surface area contributed by atoms with Crippen LogP contribution in [-0.4, -0.2) is 70.8 Å². The van der Waals surface area contributed by atoms with E-state index in [1.54, 1.807) is 36.4 Å². The first-order chi connectivity index (χ1) is 21.9. The molecule has 0 aliphatic carbocycles. The van der Waals surface area contributed by atoms with Gasteiger partial charge in [0.2, 0.25) is 0 Å². The van der Waals surface area contributed by atoms with Crippen LogP contribution in [0.5, 0.6) is 17.2 Å². The summed E-state index contributed by atoms with van der Waals surface area (Å²) in [6, 6.07) is 21.4. The van der Waals surface area contributed by atoms with E-state index < -0.39 is 5.97 Å². The molecule has 3 rings (SSSR count). The summed E-state index contributed by atoms with van der Waals surface area (Å²) in [5.74, 6) is 0.626. The summed E-state index contributed by atoms with van der Waals surface area (Å²) in [4.78, 5) is 35.2. The van der Waals surface area contributed by atoms with E-state index in [1.807, 2.05) is 50.2 Å². The molecule has 0 fully saturated rings. The monoisotopic (exact) mass is 622 g/mol. The van der Waals surface area contributed by atoms with Crippen molar-refractivity contribution in [1.29, 1.82) is 0 Å². The van der Waals surface area contributed by atoms with Gasteiger partial charge in [-0.1, -0.05) is 44.5 Å². The van der Waals surface area contributed by atoms with Crippen molar-refractivity contribution in [3.63, 3.8) is 0 Å². The van der Waals surface area contributed by atoms with Crippen molar-refractivity contribution in [2.75, 3.05) is 52.9 Å². The molecule has 242 valence electrons. The summed E-state index contributed by atoms with van der Waals surface area (Å²) < 4.78 is 37.7. The molecule has 1 unspecified atom stereocenters. The molecule has 10 heteroatoms. The SMILES string of the molecule is CCCC(C)C(=O)OCCOCCOCCOc1ccc(C(=O)Oc2ccc(-c3ccc(OCCOC(C)=O)cc3)cc2)cc1. The van der Waals surface area contributed by atoms with Gasteiger partial charge in [0, 0.05) is 6.92 Å². The van der Waals surface area contributed by atoms with Crippen molar-refractivity contribution < 1.29 is 47.5 Å². The van der Waals surface area contributed by atoms with Crippen molar-refractivity contribution in [2.24, 2.45) is 5.92 Å². The van der Waals surface area contributed by atoms with Crippen LogP contribution in [0.4, 0.5) is 0 Å². The minimum Gasteiger partial charge on any atom is -0.491 e. The third kappa shape index (κ3) is 13.4. The molecule has 45 heavy (non-hydrogen) atoms. The topological polar surface area (TPSA) is 116 Å². The highest BCUT2D eigenvalue weighted by Crippen LogP contribution is 2.25. The average molecular weight is 623 g/mol. The predicted molar refractivity (Wildman–Crippen MR) is 168 cm³/mol. The number of esters is 3. The summed E-state index contributed by atoms with van der Waals surface area (Å²) >= 11 is 0. The van der Waals surface area contributed by atoms with E-state index in [9.17, 15) is 14.4 Å². The van der Waals surface area contributed by atoms with Gasteiger partial charge in [0.1, 0.15) is 43.7 Å². The Morgan fingerprint density at radius 3 is 1.62 bits per heavy atom. The van der Waals surface area contributed by atoms with Crippen LogP contribution >= 0.6 is 0 Å². The van der Waals surface area contributed by atoms with Gasteiger partial charge in [-0.25, -0.2) is 4.79 Å². The molecule has 0 aliphatic rings. The molecular weight excluding hydrogens is 580 g/mol. The highest BCUT2D eigenvalue weighted by atomic mass is 16.6. The van der Waals surface area contributed by atoms with Crippen LogP contribution in [0.1, 0.15) is 44.0 Å². The standard InChI is InChI=1S/C35H42O10/c1-4-5-26(2)34(37)44-23-21-40-19-18-39-20-22-42-32-14-10-30(11-15-32)35(38)45-33-16-8-29(9-17-33)28-6-12-31(13-7-28)43-25-24-41-27(3)36/h6-17,26H,4-5,18-25H2,1-3H3. The minimum absolute atomic E-state index is 0.0842. The third-order valence-electron chi connectivity index (χ3n) is 6.46. The van der Waals surface area contributed by atoms with Crippen molar-refractivity contribution in [1.82, 2.24) is 0 Å². The number of hydrogen-bond donors (Lipinski definition) is 0. The van der Waals surface area contributed by atoms with Crippen molar-refractivity contribution in [3.8, 4) is 28.4 Å². The Morgan fingerprint density at radius 1 is 0.600 bits per heavy atom. The van der Waals surface area contributed by atoms with Crippen LogP contribution in [0.25, 0.3) is 11.1 Å². The van der Waals surface area contributed by atoms with Crippen LogP contribution in [0.3, 0.4) is 0 Å². The molecule has 1 atom stereocenters. The number of carbonyl (C=O) groups is 3. The van der Waals surface area contributed by atoms with Crippen LogP contribution in [-0.2, 0) is 28.5 Å². The molecule has 0 aliphatic heterocycles. The summed E-state index contributed by atoms with van der Waals surface area (Å²) in [5.41, 5.74) is 2.32. The van der Waals surface area contributed by atoms with E-state index in [2.05, 4.69) is 0 Å². The lowest BCUT2D eigenvalue weighted by atomic mass is 10.1. The van der Waals surface area contributed by atoms with Crippen molar-refractivity contribution in [3.05, 3.63) is 78.4 Å². The number of carbonyl (C=O) groups excluding carboxylic acids is 3. The molecule has 0 N–H and O–H groups in total. The largest absolute Gasteiger partial charge is 0.491 e. The quantitative estimate of drug-likeness (QED) is 0.0856. The van der Waals surface area contributed by atoms with Gasteiger partial charge >= 0.3 is 17.9 Å². The number of ether oxygens (including phenoxy) is 7. The molecule has 3 aromatic rings. The first kappa shape index (κ1) is 35.1. The third-order valence-corrected chi connectivity index (χ3v) is 6.46. The lowest BCUT2D eigenvalue weighted by Crippen LogP contribution is -2.18. The molecule has 0 saturated heterocycles. The number of hydrogen-bond acceptors (Lipinski definition) is 10. The fourth-order valence-electron chi connectivity index (χ4n) is 4.09. The van der Waals surface area contributed by atoms with Crippen molar-refractivity contribution in [2.45, 2.75) is 33.6 Å². The maximum absolute atomic E-state index is 12.6. The van der Waals surface area contributed by atoms with Crippen LogP contribution in [0.2, 0.25) is 0 Å². The molecule has 0 spiro atoms. The Bertz CT molecular complexity index is 1300. The van der Waals surface area contributed by atoms with E-state index in [1.165, 1.54) is 6.92 Å². The zero-order valence-electron chi connectivity index (χ0n) is 26.2. The first-order valence-electron chi connectivity index (χ1n) is 15.1. The number of rotatable bonds is 20. The molecule has 3 aromatic carbocycles. The summed E-state index contributed by atoms with van der Waals surface area (Å²) in [5, 5.41) is 0. The Kier molecular flexibility index (Phi) is 15.4. The van der Waals surface area contributed by atoms with Gasteiger partial charge in [0.05, 0.1) is 37.9 Å². The van der Waals surface area contributed by atoms with Gasteiger partial charge in [-0.05, 0) is 66.1 Å². The van der Waals surface area contributed by atoms with E-state index in [0.717, 1.165) is 24.0 Å². The lowest BCUT2D eigenvalue weighted by Gasteiger charge is -2.11. The normalized spacial score (nSPS) is 11.4. The molecule has 0 bridgehead atoms. The van der Waals surface area contributed by atoms with E-state index in [4.69, 9.17) is 33.2 Å². The molecule has 10 nitrogen and oxygen atoms in total. The maximum Gasteiger partial charge on any atom is 0.343 e. The Balaban J connectivity index is 1.29. The highest BCUT2D eigenvalue weighted by molar-refractivity contribution is 5.91. The van der Waals surface area contributed by atoms with Gasteiger partial charge in [0.15, 0.2) is 0 Å². The van der Waals surface area contributed by atoms with E-state index in [-0.39, 0.29) is 37.7 Å². The fraction of sp³-hybridized carbons (Fsp3) is 0.400. The first-order valence-corrected chi connectivity index (χ1v) is 15.1. The van der Waals surface area contributed by atoms with Crippen LogP contribution in [0.15, 0.2) is 72.8 Å². The molecule has 0 aromatic heterocycles. The Hall–Kier alpha value is -4.41. The van der Waals surface area contributed by atoms with Gasteiger partial charge in [-0.3, -0.25) is 9.59 Å². The van der Waals surface area contributed by atoms with E-state index >= 15 is 0 Å². The molecular formula is C35H42O10. The summed E-state index contributed by atoms with van der Waals surface area (Å²) in [6.45, 7) is 7.82. The van der Waals surface area contributed by atoms with Gasteiger partial charge in [0.25, 0.3) is 0 Å². The predicted octanol–water partition coefficient (Wildman–Crippen LogP) is 5.91. The van der Waals surface area contributed by atoms with Gasteiger partial charge in [-0.15, -0.1) is 0 Å². The fourth-order valence-corrected chi connectivity index (χ4v) is 4.09. The van der Waals surface area contributed by atoms with E-state index in [0.29, 0.717) is 55.8 Å². The second-order valence-corrected chi connectivity index (χ2v) is 10.1. The molecule has 0 saturated carbocycles. The van der Waals surface area contributed by atoms with Gasteiger partial charge in [-0.2, -0.15) is 0 Å². The summed E-state index contributed by atoms with van der Waals surface area (Å²) in [6.07, 6.45) is 1.77.